The summed E-state index contributed by atoms with van der Waals surface area (Å²) in [6.45, 7) is 3.59. The van der Waals surface area contributed by atoms with E-state index in [2.05, 4.69) is 46.6 Å². The normalized spacial score (nSPS) is 17.5. The van der Waals surface area contributed by atoms with Crippen molar-refractivity contribution in [1.29, 1.82) is 0 Å². The third-order valence-corrected chi connectivity index (χ3v) is 5.99. The average Bonchev–Trinajstić information content (AvgIpc) is 3.46. The van der Waals surface area contributed by atoms with Crippen LogP contribution < -0.4 is 20.5 Å². The van der Waals surface area contributed by atoms with E-state index >= 15 is 0 Å². The van der Waals surface area contributed by atoms with E-state index in [1.165, 1.54) is 11.1 Å². The molecule has 1 unspecified atom stereocenters. The van der Waals surface area contributed by atoms with E-state index in [1.54, 1.807) is 18.2 Å². The first kappa shape index (κ1) is 20.5. The molecule has 2 heterocycles. The fourth-order valence-electron chi connectivity index (χ4n) is 4.30. The summed E-state index contributed by atoms with van der Waals surface area (Å²) in [6.07, 6.45) is 1.07. The highest BCUT2D eigenvalue weighted by atomic mass is 16.7. The fraction of sp³-hybridized carbons (Fsp3) is 0.269. The molecule has 6 nitrogen and oxygen atoms in total. The number of benzene rings is 3. The minimum absolute atomic E-state index is 0.139. The van der Waals surface area contributed by atoms with Gasteiger partial charge in [0.1, 0.15) is 0 Å². The van der Waals surface area contributed by atoms with Gasteiger partial charge in [0.15, 0.2) is 11.5 Å². The third-order valence-electron chi connectivity index (χ3n) is 5.99. The number of fused-ring (bicyclic) bond motifs is 1. The highest BCUT2D eigenvalue weighted by Crippen LogP contribution is 2.32. The second kappa shape index (κ2) is 9.02. The number of carbonyl (C=O) groups is 1. The summed E-state index contributed by atoms with van der Waals surface area (Å²) >= 11 is 0. The number of likely N-dealkylation sites (tertiary alicyclic amines) is 1. The van der Waals surface area contributed by atoms with Crippen LogP contribution in [-0.2, 0) is 13.1 Å². The van der Waals surface area contributed by atoms with Crippen LogP contribution in [0.15, 0.2) is 66.7 Å². The summed E-state index contributed by atoms with van der Waals surface area (Å²) in [6, 6.07) is 22.5. The summed E-state index contributed by atoms with van der Waals surface area (Å²) in [5.74, 6) is 1.14. The lowest BCUT2D eigenvalue weighted by molar-refractivity contribution is 0.0950. The van der Waals surface area contributed by atoms with Gasteiger partial charge in [-0.3, -0.25) is 9.69 Å². The number of amides is 1. The lowest BCUT2D eigenvalue weighted by Crippen LogP contribution is -2.26. The Hall–Kier alpha value is -3.35. The minimum Gasteiger partial charge on any atom is -0.454 e. The number of carbonyl (C=O) groups excluding carboxylic acids is 1. The van der Waals surface area contributed by atoms with Crippen molar-refractivity contribution in [3.05, 3.63) is 83.4 Å². The molecule has 1 atom stereocenters. The maximum Gasteiger partial charge on any atom is 0.251 e. The van der Waals surface area contributed by atoms with Gasteiger partial charge < -0.3 is 20.5 Å². The second-order valence-electron chi connectivity index (χ2n) is 8.44. The Bertz CT molecular complexity index is 1130. The zero-order valence-electron chi connectivity index (χ0n) is 17.9. The van der Waals surface area contributed by atoms with Crippen molar-refractivity contribution in [1.82, 2.24) is 10.2 Å². The zero-order valence-corrected chi connectivity index (χ0v) is 17.9. The largest absolute Gasteiger partial charge is 0.454 e. The van der Waals surface area contributed by atoms with E-state index in [0.29, 0.717) is 29.6 Å². The number of ether oxygens (including phenoxy) is 2. The van der Waals surface area contributed by atoms with Crippen LogP contribution in [0.1, 0.15) is 27.9 Å². The Morgan fingerprint density at radius 3 is 2.50 bits per heavy atom. The summed E-state index contributed by atoms with van der Waals surface area (Å²) in [4.78, 5) is 15.0. The predicted molar refractivity (Wildman–Crippen MR) is 123 cm³/mol. The van der Waals surface area contributed by atoms with Crippen molar-refractivity contribution < 1.29 is 14.3 Å². The first-order valence-corrected chi connectivity index (χ1v) is 11.0. The van der Waals surface area contributed by atoms with Gasteiger partial charge >= 0.3 is 0 Å². The van der Waals surface area contributed by atoms with Gasteiger partial charge in [-0.1, -0.05) is 36.4 Å². The topological polar surface area (TPSA) is 76.8 Å². The van der Waals surface area contributed by atoms with Gasteiger partial charge in [-0.15, -0.1) is 0 Å². The van der Waals surface area contributed by atoms with Crippen LogP contribution in [0.5, 0.6) is 11.5 Å². The molecule has 1 fully saturated rings. The van der Waals surface area contributed by atoms with E-state index in [1.807, 2.05) is 12.1 Å². The number of hydrogen-bond donors (Lipinski definition) is 2. The molecule has 0 spiro atoms. The molecule has 1 saturated heterocycles. The van der Waals surface area contributed by atoms with E-state index < -0.39 is 0 Å². The summed E-state index contributed by atoms with van der Waals surface area (Å²) in [7, 11) is 0. The SMILES string of the molecule is NC1CCN(Cc2cccc(-c3cccc(CNC(=O)c4ccc5c(c4)OCO5)c3)c2)C1. The van der Waals surface area contributed by atoms with Crippen molar-refractivity contribution >= 4 is 5.91 Å². The number of nitrogens with zero attached hydrogens (tertiary/aromatic N) is 1. The Kier molecular flexibility index (Phi) is 5.79. The monoisotopic (exact) mass is 429 g/mol. The second-order valence-corrected chi connectivity index (χ2v) is 8.44. The molecule has 0 bridgehead atoms. The van der Waals surface area contributed by atoms with Crippen molar-refractivity contribution in [3.8, 4) is 22.6 Å². The van der Waals surface area contributed by atoms with Gasteiger partial charge in [-0.25, -0.2) is 0 Å². The molecule has 6 heteroatoms. The lowest BCUT2D eigenvalue weighted by atomic mass is 10.0. The molecule has 2 aliphatic heterocycles. The molecule has 32 heavy (non-hydrogen) atoms. The third kappa shape index (κ3) is 4.61. The Morgan fingerprint density at radius 2 is 1.72 bits per heavy atom. The number of nitrogens with one attached hydrogen (secondary N) is 1. The first-order valence-electron chi connectivity index (χ1n) is 11.0. The van der Waals surface area contributed by atoms with Gasteiger partial charge in [-0.05, 0) is 59.0 Å². The van der Waals surface area contributed by atoms with Crippen LogP contribution in [0.3, 0.4) is 0 Å². The molecule has 2 aliphatic rings. The molecule has 0 radical (unpaired) electrons. The molecule has 0 aliphatic carbocycles. The molecule has 3 aromatic rings. The highest BCUT2D eigenvalue weighted by molar-refractivity contribution is 5.94. The van der Waals surface area contributed by atoms with Crippen LogP contribution in [-0.4, -0.2) is 36.7 Å². The van der Waals surface area contributed by atoms with Crippen LogP contribution in [0.25, 0.3) is 11.1 Å². The van der Waals surface area contributed by atoms with E-state index in [9.17, 15) is 4.79 Å². The van der Waals surface area contributed by atoms with Crippen molar-refractivity contribution in [2.75, 3.05) is 19.9 Å². The Morgan fingerprint density at radius 1 is 0.969 bits per heavy atom. The molecular formula is C26H27N3O3. The molecule has 3 N–H and O–H groups in total. The van der Waals surface area contributed by atoms with Crippen LogP contribution in [0, 0.1) is 0 Å². The Balaban J connectivity index is 1.24. The number of nitrogens with two attached hydrogens (primary N) is 1. The van der Waals surface area contributed by atoms with Gasteiger partial charge in [0.05, 0.1) is 0 Å². The van der Waals surface area contributed by atoms with Gasteiger partial charge in [0.2, 0.25) is 6.79 Å². The van der Waals surface area contributed by atoms with Gasteiger partial charge in [0.25, 0.3) is 5.91 Å². The van der Waals surface area contributed by atoms with Crippen molar-refractivity contribution in [2.45, 2.75) is 25.6 Å². The molecule has 0 aromatic heterocycles. The highest BCUT2D eigenvalue weighted by Gasteiger charge is 2.19. The number of hydrogen-bond acceptors (Lipinski definition) is 5. The molecule has 164 valence electrons. The lowest BCUT2D eigenvalue weighted by Gasteiger charge is -2.16. The maximum atomic E-state index is 12.6. The minimum atomic E-state index is -0.139. The molecule has 1 amide bonds. The Labute approximate surface area is 187 Å². The number of rotatable bonds is 6. The van der Waals surface area contributed by atoms with E-state index in [4.69, 9.17) is 15.2 Å². The van der Waals surface area contributed by atoms with E-state index in [0.717, 1.165) is 37.2 Å². The maximum absolute atomic E-state index is 12.6. The molecule has 3 aromatic carbocycles. The summed E-state index contributed by atoms with van der Waals surface area (Å²) < 4.78 is 10.7. The average molecular weight is 430 g/mol. The molecule has 5 rings (SSSR count). The van der Waals surface area contributed by atoms with Crippen molar-refractivity contribution in [3.63, 3.8) is 0 Å². The zero-order chi connectivity index (χ0) is 21.9. The van der Waals surface area contributed by atoms with Gasteiger partial charge in [0, 0.05) is 37.8 Å². The van der Waals surface area contributed by atoms with Crippen LogP contribution in [0.4, 0.5) is 0 Å². The molecular weight excluding hydrogens is 402 g/mol. The molecule has 0 saturated carbocycles. The predicted octanol–water partition coefficient (Wildman–Crippen LogP) is 3.55. The van der Waals surface area contributed by atoms with Crippen LogP contribution >= 0.6 is 0 Å². The fourth-order valence-corrected chi connectivity index (χ4v) is 4.30. The van der Waals surface area contributed by atoms with E-state index in [-0.39, 0.29) is 12.7 Å². The summed E-state index contributed by atoms with van der Waals surface area (Å²) in [5.41, 5.74) is 11.3. The first-order chi connectivity index (χ1) is 15.6. The van der Waals surface area contributed by atoms with Gasteiger partial charge in [-0.2, -0.15) is 0 Å². The smallest absolute Gasteiger partial charge is 0.251 e. The quantitative estimate of drug-likeness (QED) is 0.627. The summed E-state index contributed by atoms with van der Waals surface area (Å²) in [5, 5.41) is 3.00. The standard InChI is InChI=1S/C26H27N3O3/c27-23-9-10-29(16-23)15-19-4-2-6-21(12-19)20-5-1-3-18(11-20)14-28-26(30)22-7-8-24-25(13-22)32-17-31-24/h1-8,11-13,23H,9-10,14-17,27H2,(H,28,30). The van der Waals surface area contributed by atoms with Crippen molar-refractivity contribution in [2.24, 2.45) is 5.73 Å². The van der Waals surface area contributed by atoms with Crippen LogP contribution in [0.2, 0.25) is 0 Å².